The summed E-state index contributed by atoms with van der Waals surface area (Å²) in [6.45, 7) is 3.00. The number of likely N-dealkylation sites (N-methyl/N-ethyl adjacent to an activating group) is 1. The van der Waals surface area contributed by atoms with Gasteiger partial charge in [0, 0.05) is 19.1 Å². The summed E-state index contributed by atoms with van der Waals surface area (Å²) in [6.07, 6.45) is 1.29. The second-order valence-corrected chi connectivity index (χ2v) is 6.44. The van der Waals surface area contributed by atoms with Gasteiger partial charge in [-0.1, -0.05) is 19.3 Å². The van der Waals surface area contributed by atoms with Crippen LogP contribution in [0, 0.1) is 5.92 Å². The van der Waals surface area contributed by atoms with Gasteiger partial charge in [0.05, 0.1) is 13.0 Å². The Labute approximate surface area is 137 Å². The molecular weight excluding hydrogens is 305 g/mol. The van der Waals surface area contributed by atoms with E-state index in [1.165, 1.54) is 32.1 Å². The molecule has 7 heteroatoms. The van der Waals surface area contributed by atoms with Crippen LogP contribution in [0.15, 0.2) is 4.99 Å². The molecule has 136 valence electrons. The lowest BCUT2D eigenvalue weighted by Crippen LogP contribution is -2.42. The first kappa shape index (κ1) is 20.1. The van der Waals surface area contributed by atoms with Crippen molar-refractivity contribution in [3.05, 3.63) is 0 Å². The van der Waals surface area contributed by atoms with E-state index < -0.39 is 12.6 Å². The van der Waals surface area contributed by atoms with Gasteiger partial charge >= 0.3 is 6.18 Å². The Morgan fingerprint density at radius 1 is 1.17 bits per heavy atom. The van der Waals surface area contributed by atoms with Crippen LogP contribution in [0.3, 0.4) is 0 Å². The van der Waals surface area contributed by atoms with Crippen molar-refractivity contribution < 1.29 is 13.2 Å². The molecule has 1 saturated carbocycles. The monoisotopic (exact) mass is 336 g/mol. The molecule has 1 aliphatic carbocycles. The van der Waals surface area contributed by atoms with Crippen LogP contribution in [0.4, 0.5) is 13.2 Å². The van der Waals surface area contributed by atoms with E-state index in [0.717, 1.165) is 0 Å². The van der Waals surface area contributed by atoms with E-state index in [1.807, 2.05) is 6.92 Å². The molecule has 0 bridgehead atoms. The lowest BCUT2D eigenvalue weighted by molar-refractivity contribution is -0.132. The summed E-state index contributed by atoms with van der Waals surface area (Å²) in [7, 11) is 4.11. The first-order valence-electron chi connectivity index (χ1n) is 8.59. The number of halogens is 3. The summed E-state index contributed by atoms with van der Waals surface area (Å²) in [6, 6.07) is 0.341. The van der Waals surface area contributed by atoms with E-state index in [0.29, 0.717) is 31.0 Å². The Hall–Kier alpha value is -0.980. The number of hydrogen-bond donors (Lipinski definition) is 2. The molecule has 0 heterocycles. The van der Waals surface area contributed by atoms with E-state index in [-0.39, 0.29) is 6.54 Å². The summed E-state index contributed by atoms with van der Waals surface area (Å²) in [4.78, 5) is 6.71. The van der Waals surface area contributed by atoms with Crippen molar-refractivity contribution >= 4 is 5.96 Å². The van der Waals surface area contributed by atoms with Gasteiger partial charge in [0.15, 0.2) is 5.96 Å². The molecule has 1 unspecified atom stereocenters. The van der Waals surface area contributed by atoms with Crippen LogP contribution < -0.4 is 10.6 Å². The molecular formula is C16H31F3N4. The highest BCUT2D eigenvalue weighted by molar-refractivity contribution is 5.79. The molecule has 0 aromatic carbocycles. The van der Waals surface area contributed by atoms with Gasteiger partial charge in [-0.3, -0.25) is 4.99 Å². The van der Waals surface area contributed by atoms with E-state index in [9.17, 15) is 13.2 Å². The van der Waals surface area contributed by atoms with Crippen LogP contribution in [0.2, 0.25) is 0 Å². The summed E-state index contributed by atoms with van der Waals surface area (Å²) in [5.74, 6) is 1.10. The van der Waals surface area contributed by atoms with E-state index in [1.54, 1.807) is 0 Å². The van der Waals surface area contributed by atoms with E-state index >= 15 is 0 Å². The van der Waals surface area contributed by atoms with Crippen LogP contribution >= 0.6 is 0 Å². The second kappa shape index (κ2) is 10.0. The molecule has 0 amide bonds. The average molecular weight is 336 g/mol. The maximum Gasteiger partial charge on any atom is 0.390 e. The first-order valence-corrected chi connectivity index (χ1v) is 8.59. The summed E-state index contributed by atoms with van der Waals surface area (Å²) >= 11 is 0. The molecule has 1 aliphatic rings. The number of rotatable bonds is 7. The highest BCUT2D eigenvalue weighted by Gasteiger charge is 2.27. The standard InChI is InChI=1S/C16H31F3N4/c1-4-20-15(21-11-10-16(17,18)19)22-12-14(23(2)3)13-8-6-5-7-9-13/h13-14H,4-12H2,1-3H3,(H2,20,21,22). The molecule has 1 fully saturated rings. The van der Waals surface area contributed by atoms with Crippen LogP contribution in [0.25, 0.3) is 0 Å². The molecule has 0 radical (unpaired) electrons. The fourth-order valence-corrected chi connectivity index (χ4v) is 3.10. The highest BCUT2D eigenvalue weighted by Crippen LogP contribution is 2.28. The fraction of sp³-hybridized carbons (Fsp3) is 0.938. The van der Waals surface area contributed by atoms with Crippen molar-refractivity contribution in [1.82, 2.24) is 15.5 Å². The smallest absolute Gasteiger partial charge is 0.357 e. The minimum Gasteiger partial charge on any atom is -0.357 e. The Kier molecular flexibility index (Phi) is 8.73. The third kappa shape index (κ3) is 8.44. The molecule has 0 aromatic heterocycles. The van der Waals surface area contributed by atoms with Gasteiger partial charge in [-0.15, -0.1) is 0 Å². The van der Waals surface area contributed by atoms with Gasteiger partial charge in [-0.05, 0) is 39.8 Å². The predicted molar refractivity (Wildman–Crippen MR) is 88.7 cm³/mol. The maximum absolute atomic E-state index is 12.2. The SMILES string of the molecule is CCNC(=NCC(C1CCCCC1)N(C)C)NCCC(F)(F)F. The molecule has 0 aromatic rings. The lowest BCUT2D eigenvalue weighted by Gasteiger charge is -2.34. The summed E-state index contributed by atoms with van der Waals surface area (Å²) < 4.78 is 36.7. The highest BCUT2D eigenvalue weighted by atomic mass is 19.4. The summed E-state index contributed by atoms with van der Waals surface area (Å²) in [5, 5.41) is 5.79. The van der Waals surface area contributed by atoms with Gasteiger partial charge in [0.1, 0.15) is 0 Å². The van der Waals surface area contributed by atoms with Crippen LogP contribution in [0.1, 0.15) is 45.4 Å². The lowest BCUT2D eigenvalue weighted by atomic mass is 9.83. The van der Waals surface area contributed by atoms with Crippen molar-refractivity contribution in [2.24, 2.45) is 10.9 Å². The Bertz CT molecular complexity index is 350. The normalized spacial score (nSPS) is 19.0. The molecule has 1 rings (SSSR count). The minimum atomic E-state index is -4.14. The quantitative estimate of drug-likeness (QED) is 0.555. The van der Waals surface area contributed by atoms with Crippen LogP contribution in [-0.4, -0.2) is 56.8 Å². The number of guanidine groups is 1. The van der Waals surface area contributed by atoms with Crippen LogP contribution in [0.5, 0.6) is 0 Å². The third-order valence-electron chi connectivity index (χ3n) is 4.34. The number of aliphatic imine (C=N–C) groups is 1. The topological polar surface area (TPSA) is 39.7 Å². The molecule has 23 heavy (non-hydrogen) atoms. The zero-order valence-corrected chi connectivity index (χ0v) is 14.5. The Morgan fingerprint density at radius 3 is 2.35 bits per heavy atom. The number of hydrogen-bond acceptors (Lipinski definition) is 2. The Balaban J connectivity index is 2.57. The third-order valence-corrected chi connectivity index (χ3v) is 4.34. The molecule has 4 nitrogen and oxygen atoms in total. The van der Waals surface area contributed by atoms with Gasteiger partial charge < -0.3 is 15.5 Å². The number of nitrogens with zero attached hydrogens (tertiary/aromatic N) is 2. The van der Waals surface area contributed by atoms with Crippen molar-refractivity contribution in [2.45, 2.75) is 57.7 Å². The maximum atomic E-state index is 12.2. The van der Waals surface area contributed by atoms with Crippen molar-refractivity contribution in [3.63, 3.8) is 0 Å². The fourth-order valence-electron chi connectivity index (χ4n) is 3.10. The molecule has 0 aliphatic heterocycles. The number of nitrogens with one attached hydrogen (secondary N) is 2. The Morgan fingerprint density at radius 2 is 1.83 bits per heavy atom. The van der Waals surface area contributed by atoms with Gasteiger partial charge in [-0.2, -0.15) is 13.2 Å². The van der Waals surface area contributed by atoms with Crippen molar-refractivity contribution in [2.75, 3.05) is 33.7 Å². The second-order valence-electron chi connectivity index (χ2n) is 6.44. The van der Waals surface area contributed by atoms with Gasteiger partial charge in [0.25, 0.3) is 0 Å². The minimum absolute atomic E-state index is 0.147. The molecule has 0 spiro atoms. The summed E-state index contributed by atoms with van der Waals surface area (Å²) in [5.41, 5.74) is 0. The molecule has 2 N–H and O–H groups in total. The zero-order chi connectivity index (χ0) is 17.3. The van der Waals surface area contributed by atoms with Gasteiger partial charge in [-0.25, -0.2) is 0 Å². The van der Waals surface area contributed by atoms with Crippen molar-refractivity contribution in [1.29, 1.82) is 0 Å². The largest absolute Gasteiger partial charge is 0.390 e. The molecule has 0 saturated heterocycles. The van der Waals surface area contributed by atoms with Crippen LogP contribution in [-0.2, 0) is 0 Å². The predicted octanol–water partition coefficient (Wildman–Crippen LogP) is 3.00. The van der Waals surface area contributed by atoms with Gasteiger partial charge in [0.2, 0.25) is 0 Å². The number of alkyl halides is 3. The van der Waals surface area contributed by atoms with Crippen molar-refractivity contribution in [3.8, 4) is 0 Å². The average Bonchev–Trinajstić information content (AvgIpc) is 2.47. The zero-order valence-electron chi connectivity index (χ0n) is 14.5. The van der Waals surface area contributed by atoms with E-state index in [4.69, 9.17) is 0 Å². The molecule has 1 atom stereocenters. The van der Waals surface area contributed by atoms with E-state index in [2.05, 4.69) is 34.6 Å². The first-order chi connectivity index (χ1) is 10.8.